The number of hydrogen-bond acceptors (Lipinski definition) is 4. The van der Waals surface area contributed by atoms with Crippen LogP contribution in [0.2, 0.25) is 0 Å². The number of carbonyl (C=O) groups excluding carboxylic acids is 2. The van der Waals surface area contributed by atoms with E-state index in [0.29, 0.717) is 37.3 Å². The number of hydrogen-bond donors (Lipinski definition) is 0. The zero-order valence-electron chi connectivity index (χ0n) is 17.5. The third kappa shape index (κ3) is 3.80. The Morgan fingerprint density at radius 3 is 2.80 bits per heavy atom. The summed E-state index contributed by atoms with van der Waals surface area (Å²) in [6, 6.07) is 9.27. The molecular formula is C23H26N4O3. The first-order valence-electron chi connectivity index (χ1n) is 10.0. The zero-order chi connectivity index (χ0) is 21.3. The van der Waals surface area contributed by atoms with Crippen LogP contribution in [0.5, 0.6) is 0 Å². The summed E-state index contributed by atoms with van der Waals surface area (Å²) in [5, 5.41) is 1.03. The van der Waals surface area contributed by atoms with Gasteiger partial charge in [-0.2, -0.15) is 0 Å². The average Bonchev–Trinajstić information content (AvgIpc) is 3.08. The van der Waals surface area contributed by atoms with E-state index < -0.39 is 0 Å². The van der Waals surface area contributed by atoms with Crippen molar-refractivity contribution in [2.24, 2.45) is 7.05 Å². The molecule has 1 aliphatic rings. The molecule has 0 bridgehead atoms. The fraction of sp³-hybridized carbons (Fsp3) is 0.348. The number of aromatic nitrogens is 2. The van der Waals surface area contributed by atoms with Crippen molar-refractivity contribution < 1.29 is 14.3 Å². The van der Waals surface area contributed by atoms with Gasteiger partial charge in [-0.1, -0.05) is 0 Å². The third-order valence-corrected chi connectivity index (χ3v) is 5.58. The number of carbonyl (C=O) groups is 2. The van der Waals surface area contributed by atoms with Crippen molar-refractivity contribution in [3.8, 4) is 0 Å². The molecule has 0 unspecified atom stereocenters. The topological polar surface area (TPSA) is 67.7 Å². The Morgan fingerprint density at radius 2 is 2.07 bits per heavy atom. The van der Waals surface area contributed by atoms with Gasteiger partial charge in [0.25, 0.3) is 11.8 Å². The molecule has 1 atom stereocenters. The molecule has 2 amide bonds. The van der Waals surface area contributed by atoms with Crippen LogP contribution >= 0.6 is 0 Å². The standard InChI is InChI=1S/C23H26N4O3/c1-25(2)22(28)16-6-7-21-20(12-16)18(14-26(21)3)11-19-15-30-10-9-27(19)23(29)17-5-4-8-24-13-17/h4-8,12-14,19H,9-11,15H2,1-3H3/t19-/m0/s1. The maximum atomic E-state index is 13.1. The monoisotopic (exact) mass is 406 g/mol. The van der Waals surface area contributed by atoms with Gasteiger partial charge in [-0.25, -0.2) is 0 Å². The van der Waals surface area contributed by atoms with Crippen LogP contribution in [0.4, 0.5) is 0 Å². The normalized spacial score (nSPS) is 16.6. The van der Waals surface area contributed by atoms with E-state index in [4.69, 9.17) is 4.74 Å². The van der Waals surface area contributed by atoms with Crippen molar-refractivity contribution in [2.45, 2.75) is 12.5 Å². The molecule has 1 aliphatic heterocycles. The molecule has 3 aromatic rings. The zero-order valence-corrected chi connectivity index (χ0v) is 17.5. The fourth-order valence-electron chi connectivity index (χ4n) is 4.03. The lowest BCUT2D eigenvalue weighted by Crippen LogP contribution is -2.49. The molecule has 7 nitrogen and oxygen atoms in total. The van der Waals surface area contributed by atoms with Gasteiger partial charge >= 0.3 is 0 Å². The van der Waals surface area contributed by atoms with E-state index in [0.717, 1.165) is 16.5 Å². The number of ether oxygens (including phenoxy) is 1. The first-order chi connectivity index (χ1) is 14.5. The summed E-state index contributed by atoms with van der Waals surface area (Å²) in [4.78, 5) is 33.0. The predicted octanol–water partition coefficient (Wildman–Crippen LogP) is 2.36. The summed E-state index contributed by atoms with van der Waals surface area (Å²) in [5.74, 6) is -0.0544. The lowest BCUT2D eigenvalue weighted by Gasteiger charge is -2.35. The van der Waals surface area contributed by atoms with Gasteiger partial charge in [0.1, 0.15) is 0 Å². The number of amides is 2. The van der Waals surface area contributed by atoms with E-state index in [1.165, 1.54) is 0 Å². The molecule has 0 aliphatic carbocycles. The highest BCUT2D eigenvalue weighted by Crippen LogP contribution is 2.26. The fourth-order valence-corrected chi connectivity index (χ4v) is 4.03. The summed E-state index contributed by atoms with van der Waals surface area (Å²) < 4.78 is 7.77. The highest BCUT2D eigenvalue weighted by molar-refractivity contribution is 5.99. The molecule has 7 heteroatoms. The summed E-state index contributed by atoms with van der Waals surface area (Å²) >= 11 is 0. The largest absolute Gasteiger partial charge is 0.377 e. The third-order valence-electron chi connectivity index (χ3n) is 5.58. The van der Waals surface area contributed by atoms with Crippen LogP contribution in [0.15, 0.2) is 48.9 Å². The number of fused-ring (bicyclic) bond motifs is 1. The lowest BCUT2D eigenvalue weighted by molar-refractivity contribution is -0.00158. The highest BCUT2D eigenvalue weighted by atomic mass is 16.5. The van der Waals surface area contributed by atoms with Gasteiger partial charge in [-0.15, -0.1) is 0 Å². The second kappa shape index (κ2) is 8.28. The average molecular weight is 406 g/mol. The van der Waals surface area contributed by atoms with Crippen LogP contribution in [-0.2, 0) is 18.2 Å². The van der Waals surface area contributed by atoms with Crippen LogP contribution in [0.25, 0.3) is 10.9 Å². The van der Waals surface area contributed by atoms with E-state index in [1.54, 1.807) is 43.5 Å². The van der Waals surface area contributed by atoms with Crippen molar-refractivity contribution in [3.63, 3.8) is 0 Å². The Hall–Kier alpha value is -3.19. The molecular weight excluding hydrogens is 380 g/mol. The molecule has 156 valence electrons. The Labute approximate surface area is 175 Å². The van der Waals surface area contributed by atoms with Gasteiger partial charge in [0.05, 0.1) is 24.8 Å². The molecule has 30 heavy (non-hydrogen) atoms. The van der Waals surface area contributed by atoms with Crippen LogP contribution in [0.1, 0.15) is 26.3 Å². The van der Waals surface area contributed by atoms with Crippen molar-refractivity contribution in [1.82, 2.24) is 19.4 Å². The highest BCUT2D eigenvalue weighted by Gasteiger charge is 2.29. The summed E-state index contributed by atoms with van der Waals surface area (Å²) in [6.45, 7) is 1.56. The minimum absolute atomic E-state index is 0.0268. The number of morpholine rings is 1. The molecule has 1 saturated heterocycles. The molecule has 0 N–H and O–H groups in total. The molecule has 0 saturated carbocycles. The molecule has 0 spiro atoms. The molecule has 3 heterocycles. The van der Waals surface area contributed by atoms with Gasteiger partial charge in [0.15, 0.2) is 0 Å². The molecule has 1 aromatic carbocycles. The molecule has 1 fully saturated rings. The lowest BCUT2D eigenvalue weighted by atomic mass is 10.0. The number of nitrogens with zero attached hydrogens (tertiary/aromatic N) is 4. The number of benzene rings is 1. The predicted molar refractivity (Wildman–Crippen MR) is 115 cm³/mol. The number of aryl methyl sites for hydroxylation is 1. The summed E-state index contributed by atoms with van der Waals surface area (Å²) in [7, 11) is 5.49. The van der Waals surface area contributed by atoms with Gasteiger partial charge in [0, 0.05) is 62.7 Å². The Bertz CT molecular complexity index is 1070. The maximum absolute atomic E-state index is 13.1. The van der Waals surface area contributed by atoms with Crippen LogP contribution in [0, 0.1) is 0 Å². The Kier molecular flexibility index (Phi) is 5.55. The summed E-state index contributed by atoms with van der Waals surface area (Å²) in [6.07, 6.45) is 6.00. The van der Waals surface area contributed by atoms with Crippen molar-refractivity contribution in [1.29, 1.82) is 0 Å². The molecule has 2 aromatic heterocycles. The molecule has 4 rings (SSSR count). The van der Waals surface area contributed by atoms with E-state index in [1.807, 2.05) is 30.1 Å². The van der Waals surface area contributed by atoms with Crippen molar-refractivity contribution >= 4 is 22.7 Å². The van der Waals surface area contributed by atoms with E-state index in [9.17, 15) is 9.59 Å². The van der Waals surface area contributed by atoms with E-state index >= 15 is 0 Å². The quantitative estimate of drug-likeness (QED) is 0.667. The van der Waals surface area contributed by atoms with Crippen LogP contribution < -0.4 is 0 Å². The van der Waals surface area contributed by atoms with Crippen molar-refractivity contribution in [2.75, 3.05) is 33.9 Å². The Morgan fingerprint density at radius 1 is 1.23 bits per heavy atom. The van der Waals surface area contributed by atoms with Crippen molar-refractivity contribution in [3.05, 3.63) is 65.6 Å². The van der Waals surface area contributed by atoms with Gasteiger partial charge < -0.3 is 19.1 Å². The summed E-state index contributed by atoms with van der Waals surface area (Å²) in [5.41, 5.74) is 3.40. The molecule has 0 radical (unpaired) electrons. The van der Waals surface area contributed by atoms with E-state index in [2.05, 4.69) is 15.7 Å². The minimum atomic E-state index is -0.0785. The van der Waals surface area contributed by atoms with E-state index in [-0.39, 0.29) is 17.9 Å². The smallest absolute Gasteiger partial charge is 0.255 e. The number of rotatable bonds is 4. The van der Waals surface area contributed by atoms with Gasteiger partial charge in [0.2, 0.25) is 0 Å². The van der Waals surface area contributed by atoms with Gasteiger partial charge in [-0.05, 0) is 42.3 Å². The first-order valence-corrected chi connectivity index (χ1v) is 10.0. The SMILES string of the molecule is CN(C)C(=O)c1ccc2c(c1)c(C[C@H]1COCCN1C(=O)c1cccnc1)cn2C. The maximum Gasteiger partial charge on any atom is 0.255 e. The van der Waals surface area contributed by atoms with Crippen LogP contribution in [0.3, 0.4) is 0 Å². The number of pyridine rings is 1. The Balaban J connectivity index is 1.65. The minimum Gasteiger partial charge on any atom is -0.377 e. The second-order valence-corrected chi connectivity index (χ2v) is 7.87. The van der Waals surface area contributed by atoms with Crippen LogP contribution in [-0.4, -0.2) is 71.1 Å². The first kappa shape index (κ1) is 20.1. The van der Waals surface area contributed by atoms with Gasteiger partial charge in [-0.3, -0.25) is 14.6 Å². The second-order valence-electron chi connectivity index (χ2n) is 7.87.